The molecule has 0 saturated carbocycles. The second-order valence-electron chi connectivity index (χ2n) is 7.67. The van der Waals surface area contributed by atoms with E-state index in [9.17, 15) is 23.8 Å². The fourth-order valence-electron chi connectivity index (χ4n) is 3.66. The molecule has 0 spiro atoms. The number of alkyl halides is 2. The van der Waals surface area contributed by atoms with Crippen LogP contribution < -0.4 is 10.6 Å². The first kappa shape index (κ1) is 23.5. The van der Waals surface area contributed by atoms with E-state index in [1.54, 1.807) is 12.1 Å². The summed E-state index contributed by atoms with van der Waals surface area (Å²) in [4.78, 5) is 24.9. The number of hydrogen-bond acceptors (Lipinski definition) is 12. The third-order valence-electron chi connectivity index (χ3n) is 5.38. The van der Waals surface area contributed by atoms with Crippen molar-refractivity contribution in [2.75, 3.05) is 18.9 Å². The van der Waals surface area contributed by atoms with E-state index < -0.39 is 43.4 Å². The fourth-order valence-corrected chi connectivity index (χ4v) is 3.66. The number of fused-ring (bicyclic) bond motifs is 1. The van der Waals surface area contributed by atoms with Gasteiger partial charge in [0, 0.05) is 13.2 Å². The third-order valence-corrected chi connectivity index (χ3v) is 5.38. The predicted octanol–water partition coefficient (Wildman–Crippen LogP) is -1.09. The second kappa shape index (κ2) is 9.44. The van der Waals surface area contributed by atoms with Crippen LogP contribution in [0.2, 0.25) is 0 Å². The molecule has 188 valence electrons. The van der Waals surface area contributed by atoms with Gasteiger partial charge in [-0.15, -0.1) is 10.2 Å². The number of hydrogen-bond donors (Lipinski definition) is 4. The smallest absolute Gasteiger partial charge is 0.256 e. The van der Waals surface area contributed by atoms with Crippen LogP contribution >= 0.6 is 0 Å². The number of carbonyl (C=O) groups is 1. The number of nitrogens with one attached hydrogen (secondary N) is 2. The molecular weight excluding hydrogens is 484 g/mol. The van der Waals surface area contributed by atoms with Crippen molar-refractivity contribution in [2.45, 2.75) is 31.0 Å². The van der Waals surface area contributed by atoms with Crippen LogP contribution in [0.3, 0.4) is 0 Å². The quantitative estimate of drug-likeness (QED) is 0.239. The van der Waals surface area contributed by atoms with Gasteiger partial charge in [0.2, 0.25) is 0 Å². The summed E-state index contributed by atoms with van der Waals surface area (Å²) in [5, 5.41) is 41.5. The average molecular weight is 503 g/mol. The summed E-state index contributed by atoms with van der Waals surface area (Å²) in [6.07, 6.45) is -4.15. The monoisotopic (exact) mass is 503 g/mol. The van der Waals surface area contributed by atoms with E-state index in [0.29, 0.717) is 11.4 Å². The molecular formula is C19H19F2N11O4. The Morgan fingerprint density at radius 2 is 2.06 bits per heavy atom. The van der Waals surface area contributed by atoms with Crippen LogP contribution in [0.1, 0.15) is 6.23 Å². The zero-order valence-electron chi connectivity index (χ0n) is 18.5. The van der Waals surface area contributed by atoms with E-state index in [1.165, 1.54) is 35.0 Å². The van der Waals surface area contributed by atoms with Crippen molar-refractivity contribution >= 4 is 22.9 Å². The molecule has 1 aliphatic heterocycles. The maximum atomic E-state index is 12.9. The van der Waals surface area contributed by atoms with Crippen molar-refractivity contribution in [1.29, 1.82) is 0 Å². The third kappa shape index (κ3) is 4.18. The molecule has 1 amide bonds. The molecule has 36 heavy (non-hydrogen) atoms. The lowest BCUT2D eigenvalue weighted by Gasteiger charge is -2.17. The minimum absolute atomic E-state index is 0.0403. The van der Waals surface area contributed by atoms with Gasteiger partial charge >= 0.3 is 0 Å². The fraction of sp³-hybridized carbons (Fsp3) is 0.368. The molecule has 0 unspecified atom stereocenters. The number of aliphatic hydroxyl groups excluding tert-OH is 2. The molecule has 15 nitrogen and oxygen atoms in total. The number of nitrogens with zero attached hydrogens (tertiary/aromatic N) is 9. The molecule has 4 atom stereocenters. The number of imidazole rings is 1. The molecule has 1 aliphatic rings. The summed E-state index contributed by atoms with van der Waals surface area (Å²) in [5.41, 5.74) is 0.931. The second-order valence-corrected chi connectivity index (χ2v) is 7.67. The Labute approximate surface area is 200 Å². The minimum Gasteiger partial charge on any atom is -0.387 e. The number of aromatic nitrogens is 9. The number of halogens is 2. The largest absolute Gasteiger partial charge is 0.387 e. The molecule has 4 aromatic heterocycles. The number of aliphatic hydroxyl groups is 2. The Morgan fingerprint density at radius 3 is 2.78 bits per heavy atom. The van der Waals surface area contributed by atoms with Crippen LogP contribution in [-0.4, -0.2) is 99.2 Å². The van der Waals surface area contributed by atoms with Crippen LogP contribution in [0.15, 0.2) is 30.9 Å². The lowest BCUT2D eigenvalue weighted by Crippen LogP contribution is -2.41. The zero-order valence-corrected chi connectivity index (χ0v) is 18.5. The number of carbonyl (C=O) groups excluding carboxylic acids is 1. The van der Waals surface area contributed by atoms with Gasteiger partial charge in [0.25, 0.3) is 18.3 Å². The number of ether oxygens (including phenoxy) is 1. The molecule has 5 heterocycles. The molecule has 5 rings (SSSR count). The summed E-state index contributed by atoms with van der Waals surface area (Å²) >= 11 is 0. The van der Waals surface area contributed by atoms with E-state index in [0.717, 1.165) is 0 Å². The van der Waals surface area contributed by atoms with Gasteiger partial charge < -0.3 is 25.6 Å². The predicted molar refractivity (Wildman–Crippen MR) is 116 cm³/mol. The standard InChI is InChI=1S/C19H19F2N11O4/c1-22-17(35)14-12(33)13(34)18(36-14)31-7-24-11-15(23-5-10(20)21)26-19(27-16(11)31)32-6-9(29-30-32)8-3-2-4-25-28-8/h2-4,6-7,10,12-14,18,33-34H,5H2,1H3,(H,22,35)(H,23,26,27)/t12-,13+,14-,18+/m0/s1. The molecule has 0 aromatic carbocycles. The molecule has 4 N–H and O–H groups in total. The van der Waals surface area contributed by atoms with Gasteiger partial charge in [-0.25, -0.2) is 13.8 Å². The number of amides is 1. The lowest BCUT2D eigenvalue weighted by molar-refractivity contribution is -0.137. The van der Waals surface area contributed by atoms with Gasteiger partial charge in [-0.2, -0.15) is 19.7 Å². The summed E-state index contributed by atoms with van der Waals surface area (Å²) < 4.78 is 33.9. The number of anilines is 1. The van der Waals surface area contributed by atoms with Gasteiger partial charge in [-0.3, -0.25) is 9.36 Å². The van der Waals surface area contributed by atoms with Crippen LogP contribution in [0.5, 0.6) is 0 Å². The first-order valence-electron chi connectivity index (χ1n) is 10.6. The van der Waals surface area contributed by atoms with Crippen molar-refractivity contribution in [3.8, 4) is 17.3 Å². The highest BCUT2D eigenvalue weighted by molar-refractivity contribution is 5.84. The van der Waals surface area contributed by atoms with Crippen LogP contribution in [0.25, 0.3) is 28.5 Å². The van der Waals surface area contributed by atoms with E-state index in [-0.39, 0.29) is 22.9 Å². The summed E-state index contributed by atoms with van der Waals surface area (Å²) in [6.45, 7) is -0.722. The van der Waals surface area contributed by atoms with Gasteiger partial charge in [0.05, 0.1) is 19.1 Å². The minimum atomic E-state index is -2.68. The van der Waals surface area contributed by atoms with Crippen molar-refractivity contribution in [2.24, 2.45) is 0 Å². The summed E-state index contributed by atoms with van der Waals surface area (Å²) in [7, 11) is 1.36. The van der Waals surface area contributed by atoms with E-state index in [2.05, 4.69) is 46.1 Å². The van der Waals surface area contributed by atoms with E-state index >= 15 is 0 Å². The van der Waals surface area contributed by atoms with Gasteiger partial charge in [-0.05, 0) is 12.1 Å². The van der Waals surface area contributed by atoms with Crippen LogP contribution in [0.4, 0.5) is 14.6 Å². The van der Waals surface area contributed by atoms with Gasteiger partial charge in [0.15, 0.2) is 29.3 Å². The van der Waals surface area contributed by atoms with E-state index in [1.807, 2.05) is 0 Å². The first-order chi connectivity index (χ1) is 17.4. The number of likely N-dealkylation sites (N-methyl/N-ethyl adjacent to an activating group) is 1. The molecule has 0 radical (unpaired) electrons. The van der Waals surface area contributed by atoms with Crippen molar-refractivity contribution < 1.29 is 28.5 Å². The highest BCUT2D eigenvalue weighted by Gasteiger charge is 2.47. The zero-order chi connectivity index (χ0) is 25.4. The lowest BCUT2D eigenvalue weighted by atomic mass is 10.1. The van der Waals surface area contributed by atoms with Crippen LogP contribution in [0, 0.1) is 0 Å². The topological polar surface area (TPSA) is 191 Å². The Bertz CT molecular complexity index is 1380. The van der Waals surface area contributed by atoms with Crippen molar-refractivity contribution in [1.82, 2.24) is 50.0 Å². The Balaban J connectivity index is 1.58. The normalized spacial score (nSPS) is 21.8. The first-order valence-corrected chi connectivity index (χ1v) is 10.6. The van der Waals surface area contributed by atoms with Gasteiger partial charge in [0.1, 0.15) is 23.6 Å². The SMILES string of the molecule is CNC(=O)[C@H]1O[C@@H](n2cnc3c(NCC(F)F)nc(-n4cc(-c5cccnn5)nn4)nc32)[C@H](O)[C@@H]1O. The molecule has 4 aromatic rings. The highest BCUT2D eigenvalue weighted by Crippen LogP contribution is 2.33. The van der Waals surface area contributed by atoms with Gasteiger partial charge in [-0.1, -0.05) is 5.21 Å². The molecule has 0 bridgehead atoms. The molecule has 17 heteroatoms. The Morgan fingerprint density at radius 1 is 1.22 bits per heavy atom. The molecule has 1 saturated heterocycles. The summed E-state index contributed by atoms with van der Waals surface area (Å²) in [5.74, 6) is -0.747. The van der Waals surface area contributed by atoms with Crippen molar-refractivity contribution in [3.05, 3.63) is 30.9 Å². The maximum Gasteiger partial charge on any atom is 0.256 e. The molecule has 0 aliphatic carbocycles. The molecule has 1 fully saturated rings. The van der Waals surface area contributed by atoms with Crippen molar-refractivity contribution in [3.63, 3.8) is 0 Å². The van der Waals surface area contributed by atoms with E-state index in [4.69, 9.17) is 4.74 Å². The van der Waals surface area contributed by atoms with Crippen LogP contribution in [-0.2, 0) is 9.53 Å². The average Bonchev–Trinajstić information content (AvgIpc) is 3.61. The maximum absolute atomic E-state index is 12.9. The highest BCUT2D eigenvalue weighted by atomic mass is 19.3. The number of rotatable bonds is 7. The Hall–Kier alpha value is -4.22. The summed E-state index contributed by atoms with van der Waals surface area (Å²) in [6, 6.07) is 3.34. The Kier molecular flexibility index (Phi) is 6.17.